The summed E-state index contributed by atoms with van der Waals surface area (Å²) in [4.78, 5) is 11.7. The predicted molar refractivity (Wildman–Crippen MR) is 107 cm³/mol. The molecular formula is C18H21ClN2O6S. The van der Waals surface area contributed by atoms with Crippen LogP contribution < -0.4 is 19.5 Å². The van der Waals surface area contributed by atoms with Crippen molar-refractivity contribution >= 4 is 39.1 Å². The van der Waals surface area contributed by atoms with Gasteiger partial charge in [-0.05, 0) is 50.2 Å². The molecule has 0 atom stereocenters. The number of anilines is 2. The average Bonchev–Trinajstić information content (AvgIpc) is 2.63. The number of carbonyl (C=O) groups excluding carboxylic acids is 1. The lowest BCUT2D eigenvalue weighted by atomic mass is 10.3. The summed E-state index contributed by atoms with van der Waals surface area (Å²) in [6, 6.07) is 8.62. The van der Waals surface area contributed by atoms with Crippen LogP contribution in [0.3, 0.4) is 0 Å². The van der Waals surface area contributed by atoms with Gasteiger partial charge in [0.2, 0.25) is 0 Å². The summed E-state index contributed by atoms with van der Waals surface area (Å²) in [5, 5.41) is 2.74. The van der Waals surface area contributed by atoms with Gasteiger partial charge < -0.3 is 14.2 Å². The van der Waals surface area contributed by atoms with Crippen LogP contribution in [0.5, 0.6) is 11.5 Å². The van der Waals surface area contributed by atoms with Crippen molar-refractivity contribution in [2.45, 2.75) is 18.7 Å². The molecule has 0 saturated carbocycles. The lowest BCUT2D eigenvalue weighted by Gasteiger charge is -2.14. The Morgan fingerprint density at radius 2 is 1.79 bits per heavy atom. The monoisotopic (exact) mass is 428 g/mol. The molecule has 0 heterocycles. The number of nitrogens with one attached hydrogen (secondary N) is 2. The molecule has 2 rings (SSSR count). The molecule has 0 aliphatic carbocycles. The number of ether oxygens (including phenoxy) is 3. The van der Waals surface area contributed by atoms with E-state index in [1.807, 2.05) is 0 Å². The second kappa shape index (κ2) is 9.52. The number of sulfonamides is 1. The third-order valence-corrected chi connectivity index (χ3v) is 5.15. The number of hydrogen-bond donors (Lipinski definition) is 2. The van der Waals surface area contributed by atoms with Crippen molar-refractivity contribution in [3.63, 3.8) is 0 Å². The quantitative estimate of drug-likeness (QED) is 0.655. The summed E-state index contributed by atoms with van der Waals surface area (Å²) >= 11 is 6.03. The molecule has 0 radical (unpaired) electrons. The van der Waals surface area contributed by atoms with Crippen molar-refractivity contribution in [1.82, 2.24) is 0 Å². The Kier molecular flexibility index (Phi) is 7.36. The van der Waals surface area contributed by atoms with Crippen LogP contribution in [0.25, 0.3) is 0 Å². The Morgan fingerprint density at radius 1 is 1.07 bits per heavy atom. The maximum Gasteiger partial charge on any atom is 0.411 e. The van der Waals surface area contributed by atoms with Gasteiger partial charge in [-0.25, -0.2) is 13.2 Å². The highest BCUT2D eigenvalue weighted by molar-refractivity contribution is 7.92. The lowest BCUT2D eigenvalue weighted by molar-refractivity contribution is 0.167. The summed E-state index contributed by atoms with van der Waals surface area (Å²) in [7, 11) is -2.49. The van der Waals surface area contributed by atoms with Crippen molar-refractivity contribution in [2.24, 2.45) is 0 Å². The van der Waals surface area contributed by atoms with Gasteiger partial charge >= 0.3 is 6.09 Å². The van der Waals surface area contributed by atoms with Crippen LogP contribution in [-0.2, 0) is 14.8 Å². The number of benzene rings is 2. The van der Waals surface area contributed by atoms with Gasteiger partial charge in [0.15, 0.2) is 0 Å². The first-order valence-electron chi connectivity index (χ1n) is 8.37. The van der Waals surface area contributed by atoms with Crippen LogP contribution in [0.1, 0.15) is 13.8 Å². The minimum atomic E-state index is -3.95. The number of halogens is 1. The number of carbonyl (C=O) groups is 1. The van der Waals surface area contributed by atoms with E-state index >= 15 is 0 Å². The smallest absolute Gasteiger partial charge is 0.411 e. The van der Waals surface area contributed by atoms with Gasteiger partial charge in [0, 0.05) is 0 Å². The molecule has 0 aromatic heterocycles. The van der Waals surface area contributed by atoms with E-state index in [0.717, 1.165) is 0 Å². The van der Waals surface area contributed by atoms with E-state index in [1.165, 1.54) is 37.4 Å². The molecule has 0 bridgehead atoms. The number of rotatable bonds is 8. The van der Waals surface area contributed by atoms with Gasteiger partial charge in [0.25, 0.3) is 10.0 Å². The average molecular weight is 429 g/mol. The topological polar surface area (TPSA) is 103 Å². The van der Waals surface area contributed by atoms with Crippen molar-refractivity contribution < 1.29 is 27.4 Å². The molecule has 0 unspecified atom stereocenters. The third-order valence-electron chi connectivity index (χ3n) is 3.48. The van der Waals surface area contributed by atoms with Crippen LogP contribution in [0.4, 0.5) is 16.2 Å². The van der Waals surface area contributed by atoms with Gasteiger partial charge in [-0.1, -0.05) is 11.6 Å². The van der Waals surface area contributed by atoms with E-state index in [4.69, 9.17) is 25.8 Å². The second-order valence-corrected chi connectivity index (χ2v) is 7.48. The van der Waals surface area contributed by atoms with Crippen molar-refractivity contribution in [3.8, 4) is 11.5 Å². The van der Waals surface area contributed by atoms with E-state index in [2.05, 4.69) is 10.0 Å². The zero-order chi connectivity index (χ0) is 20.7. The van der Waals surface area contributed by atoms with Crippen LogP contribution >= 0.6 is 11.6 Å². The molecule has 0 aliphatic rings. The molecule has 0 aliphatic heterocycles. The Hall–Kier alpha value is -2.65. The normalized spacial score (nSPS) is 10.9. The zero-order valence-electron chi connectivity index (χ0n) is 15.6. The van der Waals surface area contributed by atoms with Gasteiger partial charge in [0.1, 0.15) is 11.5 Å². The fourth-order valence-corrected chi connectivity index (χ4v) is 3.61. The van der Waals surface area contributed by atoms with Crippen molar-refractivity contribution in [3.05, 3.63) is 41.4 Å². The Bertz CT molecular complexity index is 949. The highest BCUT2D eigenvalue weighted by atomic mass is 35.5. The molecule has 0 saturated heterocycles. The molecular weight excluding hydrogens is 408 g/mol. The van der Waals surface area contributed by atoms with Gasteiger partial charge in [-0.2, -0.15) is 0 Å². The Labute approximate surface area is 168 Å². The third kappa shape index (κ3) is 5.43. The largest absolute Gasteiger partial charge is 0.495 e. The molecule has 2 N–H and O–H groups in total. The second-order valence-electron chi connectivity index (χ2n) is 5.39. The molecule has 28 heavy (non-hydrogen) atoms. The minimum Gasteiger partial charge on any atom is -0.495 e. The number of hydrogen-bond acceptors (Lipinski definition) is 6. The summed E-state index contributed by atoms with van der Waals surface area (Å²) in [6.07, 6.45) is -0.715. The lowest BCUT2D eigenvalue weighted by Crippen LogP contribution is -2.16. The zero-order valence-corrected chi connectivity index (χ0v) is 17.2. The summed E-state index contributed by atoms with van der Waals surface area (Å²) < 4.78 is 43.2. The van der Waals surface area contributed by atoms with Crippen molar-refractivity contribution in [2.75, 3.05) is 30.4 Å². The first-order chi connectivity index (χ1) is 13.3. The molecule has 2 aromatic rings. The predicted octanol–water partition coefficient (Wildman–Crippen LogP) is 4.12. The molecule has 2 aromatic carbocycles. The van der Waals surface area contributed by atoms with E-state index in [0.29, 0.717) is 18.1 Å². The summed E-state index contributed by atoms with van der Waals surface area (Å²) in [5.74, 6) is 0.744. The standard InChI is InChI=1S/C18H21ClN2O6S/c1-4-26-17-9-7-13(11-15(17)20-18(22)27-5-2)28(23,24)21-12-6-8-16(25-3)14(19)10-12/h6-11,21H,4-5H2,1-3H3,(H,20,22). The minimum absolute atomic E-state index is 0.0744. The van der Waals surface area contributed by atoms with Gasteiger partial charge in [-0.15, -0.1) is 0 Å². The van der Waals surface area contributed by atoms with E-state index in [9.17, 15) is 13.2 Å². The molecule has 10 heteroatoms. The number of amides is 1. The van der Waals surface area contributed by atoms with E-state index in [-0.39, 0.29) is 27.9 Å². The maximum absolute atomic E-state index is 12.7. The molecule has 8 nitrogen and oxygen atoms in total. The summed E-state index contributed by atoms with van der Waals surface area (Å²) in [5.41, 5.74) is 0.440. The van der Waals surface area contributed by atoms with Crippen LogP contribution in [-0.4, -0.2) is 34.8 Å². The SMILES string of the molecule is CCOC(=O)Nc1cc(S(=O)(=O)Nc2ccc(OC)c(Cl)c2)ccc1OCC. The van der Waals surface area contributed by atoms with E-state index in [1.54, 1.807) is 19.9 Å². The molecule has 1 amide bonds. The maximum atomic E-state index is 12.7. The Balaban J connectivity index is 2.33. The van der Waals surface area contributed by atoms with Crippen molar-refractivity contribution in [1.29, 1.82) is 0 Å². The van der Waals surface area contributed by atoms with E-state index < -0.39 is 16.1 Å². The highest BCUT2D eigenvalue weighted by Gasteiger charge is 2.19. The van der Waals surface area contributed by atoms with Crippen LogP contribution in [0.15, 0.2) is 41.3 Å². The van der Waals surface area contributed by atoms with Crippen LogP contribution in [0.2, 0.25) is 5.02 Å². The molecule has 0 spiro atoms. The molecule has 0 fully saturated rings. The first kappa shape index (κ1) is 21.6. The number of methoxy groups -OCH3 is 1. The fourth-order valence-electron chi connectivity index (χ4n) is 2.28. The Morgan fingerprint density at radius 3 is 2.39 bits per heavy atom. The summed E-state index contributed by atoms with van der Waals surface area (Å²) in [6.45, 7) is 3.95. The first-order valence-corrected chi connectivity index (χ1v) is 10.2. The molecule has 152 valence electrons. The van der Waals surface area contributed by atoms with Crippen LogP contribution in [0, 0.1) is 0 Å². The highest BCUT2D eigenvalue weighted by Crippen LogP contribution is 2.31. The fraction of sp³-hybridized carbons (Fsp3) is 0.278. The van der Waals surface area contributed by atoms with Gasteiger partial charge in [0.05, 0.1) is 41.6 Å². The van der Waals surface area contributed by atoms with Gasteiger partial charge in [-0.3, -0.25) is 10.0 Å².